The highest BCUT2D eigenvalue weighted by Gasteiger charge is 2.50. The van der Waals surface area contributed by atoms with E-state index in [4.69, 9.17) is 28.4 Å². The monoisotopic (exact) mass is 744 g/mol. The summed E-state index contributed by atoms with van der Waals surface area (Å²) in [5.41, 5.74) is 2.14. The van der Waals surface area contributed by atoms with Crippen molar-refractivity contribution in [3.63, 3.8) is 0 Å². The van der Waals surface area contributed by atoms with Gasteiger partial charge < -0.3 is 28.4 Å². The topological polar surface area (TPSA) is 89.5 Å². The molecule has 2 aliphatic rings. The zero-order chi connectivity index (χ0) is 38.9. The van der Waals surface area contributed by atoms with Crippen molar-refractivity contribution in [2.24, 2.45) is 0 Å². The van der Waals surface area contributed by atoms with Crippen molar-refractivity contribution >= 4 is 11.6 Å². The van der Waals surface area contributed by atoms with E-state index in [0.29, 0.717) is 28.6 Å². The number of Topliss-reactive ketones (excluding diaryl/α,β-unsaturated/α-hetero) is 2. The van der Waals surface area contributed by atoms with Crippen LogP contribution in [0.15, 0.2) is 158 Å². The molecule has 6 aromatic rings. The number of benzene rings is 6. The van der Waals surface area contributed by atoms with Crippen molar-refractivity contribution in [3.05, 3.63) is 192 Å². The van der Waals surface area contributed by atoms with Crippen LogP contribution in [0.25, 0.3) is 0 Å². The summed E-state index contributed by atoms with van der Waals surface area (Å²) < 4.78 is 39.9. The molecule has 0 aliphatic carbocycles. The van der Waals surface area contributed by atoms with Gasteiger partial charge in [-0.1, -0.05) is 141 Å². The Morgan fingerprint density at radius 1 is 0.625 bits per heavy atom. The van der Waals surface area contributed by atoms with Crippen LogP contribution in [0.2, 0.25) is 0 Å². The molecule has 0 saturated carbocycles. The summed E-state index contributed by atoms with van der Waals surface area (Å²) in [5, 5.41) is 0. The third-order valence-corrected chi connectivity index (χ3v) is 10.2. The van der Waals surface area contributed by atoms with Crippen LogP contribution < -0.4 is 28.4 Å². The third kappa shape index (κ3) is 6.23. The fraction of sp³-hybridized carbons (Fsp3) is 0.167. The first kappa shape index (κ1) is 36.2. The van der Waals surface area contributed by atoms with Gasteiger partial charge in [-0.05, 0) is 44.5 Å². The molecule has 0 aromatic heterocycles. The Morgan fingerprint density at radius 2 is 1.04 bits per heavy atom. The van der Waals surface area contributed by atoms with Gasteiger partial charge in [-0.3, -0.25) is 9.59 Å². The average molecular weight is 745 g/mol. The molecule has 0 saturated heterocycles. The van der Waals surface area contributed by atoms with Crippen molar-refractivity contribution in [2.75, 3.05) is 6.61 Å². The number of fused-ring (bicyclic) bond motifs is 2. The van der Waals surface area contributed by atoms with E-state index in [1.807, 2.05) is 128 Å². The molecule has 2 heterocycles. The molecule has 1 unspecified atom stereocenters. The SMILES string of the molecule is C=CCOc1cc(C(=O)C(C)(CC)Oc2cc(C(C)=O)cc3c2OC(c2ccccc2)(c2ccccc2)O3)cc2c1OC(c1ccccc1)(c1ccccc1)O2. The van der Waals surface area contributed by atoms with Crippen LogP contribution in [-0.2, 0) is 11.6 Å². The molecule has 1 atom stereocenters. The van der Waals surface area contributed by atoms with E-state index in [-0.39, 0.29) is 41.7 Å². The number of rotatable bonds is 13. The normalized spacial score (nSPS) is 15.3. The predicted octanol–water partition coefficient (Wildman–Crippen LogP) is 10.2. The van der Waals surface area contributed by atoms with Gasteiger partial charge in [0.25, 0.3) is 0 Å². The summed E-state index contributed by atoms with van der Waals surface area (Å²) in [6.45, 7) is 9.02. The minimum Gasteiger partial charge on any atom is -0.485 e. The minimum absolute atomic E-state index is 0.157. The van der Waals surface area contributed by atoms with Crippen LogP contribution in [0.5, 0.6) is 34.5 Å². The number of carbonyl (C=O) groups excluding carboxylic acids is 2. The molecule has 0 N–H and O–H groups in total. The molecule has 8 rings (SSSR count). The molecule has 2 aliphatic heterocycles. The Hall–Kier alpha value is -6.80. The number of ether oxygens (including phenoxy) is 6. The zero-order valence-electron chi connectivity index (χ0n) is 31.3. The van der Waals surface area contributed by atoms with E-state index < -0.39 is 17.2 Å². The van der Waals surface area contributed by atoms with Crippen LogP contribution in [0, 0.1) is 0 Å². The highest BCUT2D eigenvalue weighted by atomic mass is 16.7. The fourth-order valence-corrected chi connectivity index (χ4v) is 7.07. The first-order valence-corrected chi connectivity index (χ1v) is 18.5. The fourth-order valence-electron chi connectivity index (χ4n) is 7.07. The Labute approximate surface area is 325 Å². The number of carbonyl (C=O) groups is 2. The molecule has 0 bridgehead atoms. The largest absolute Gasteiger partial charge is 0.485 e. The van der Waals surface area contributed by atoms with Crippen molar-refractivity contribution in [1.29, 1.82) is 0 Å². The lowest BCUT2D eigenvalue weighted by molar-refractivity contribution is -0.0478. The predicted molar refractivity (Wildman–Crippen MR) is 212 cm³/mol. The molecule has 0 fully saturated rings. The van der Waals surface area contributed by atoms with Crippen LogP contribution in [-0.4, -0.2) is 23.8 Å². The lowest BCUT2D eigenvalue weighted by Gasteiger charge is -2.30. The van der Waals surface area contributed by atoms with Gasteiger partial charge in [0.05, 0.1) is 0 Å². The van der Waals surface area contributed by atoms with Crippen molar-refractivity contribution < 1.29 is 38.0 Å². The third-order valence-electron chi connectivity index (χ3n) is 10.2. The van der Waals surface area contributed by atoms with Crippen molar-refractivity contribution in [3.8, 4) is 34.5 Å². The van der Waals surface area contributed by atoms with Gasteiger partial charge in [-0.2, -0.15) is 0 Å². The Bertz CT molecular complexity index is 2330. The van der Waals surface area contributed by atoms with Crippen LogP contribution in [0.4, 0.5) is 0 Å². The van der Waals surface area contributed by atoms with E-state index in [2.05, 4.69) is 6.58 Å². The molecule has 6 aromatic carbocycles. The van der Waals surface area contributed by atoms with Gasteiger partial charge >= 0.3 is 11.6 Å². The first-order valence-electron chi connectivity index (χ1n) is 18.5. The number of ketones is 2. The van der Waals surface area contributed by atoms with Crippen LogP contribution in [0.1, 0.15) is 70.2 Å². The molecule has 8 nitrogen and oxygen atoms in total. The highest BCUT2D eigenvalue weighted by Crippen LogP contribution is 2.55. The second-order valence-corrected chi connectivity index (χ2v) is 13.9. The molecule has 8 heteroatoms. The maximum atomic E-state index is 14.9. The van der Waals surface area contributed by atoms with E-state index in [1.54, 1.807) is 37.3 Å². The molecule has 0 amide bonds. The summed E-state index contributed by atoms with van der Waals surface area (Å²) in [7, 11) is 0. The molecular formula is C48H40O8. The maximum absolute atomic E-state index is 14.9. The van der Waals surface area contributed by atoms with Crippen molar-refractivity contribution in [1.82, 2.24) is 0 Å². The Kier molecular flexibility index (Phi) is 9.34. The zero-order valence-corrected chi connectivity index (χ0v) is 31.3. The molecule has 280 valence electrons. The van der Waals surface area contributed by atoms with Gasteiger partial charge in [0.15, 0.2) is 34.4 Å². The molecule has 0 spiro atoms. The quantitative estimate of drug-likeness (QED) is 0.0853. The Morgan fingerprint density at radius 3 is 1.45 bits per heavy atom. The summed E-state index contributed by atoms with van der Waals surface area (Å²) in [6.07, 6.45) is 1.87. The second kappa shape index (κ2) is 14.5. The standard InChI is InChI=1S/C48H40O8/c1-5-27-51-39-30-34(31-42-43(39)55-47(54-42,35-19-11-7-12-20-35)36-21-13-8-14-22-36)45(50)46(4,6-2)52-40-28-33(32(3)49)29-41-44(40)56-48(53-41,37-23-15-9-16-24-37)38-25-17-10-18-26-38/h5,7-26,28-31H,1,6,27H2,2-4H3. The highest BCUT2D eigenvalue weighted by molar-refractivity contribution is 6.03. The van der Waals surface area contributed by atoms with E-state index in [9.17, 15) is 9.59 Å². The van der Waals surface area contributed by atoms with Gasteiger partial charge in [-0.15, -0.1) is 0 Å². The lowest BCUT2D eigenvalue weighted by Crippen LogP contribution is -2.41. The summed E-state index contributed by atoms with van der Waals surface area (Å²) in [4.78, 5) is 27.8. The van der Waals surface area contributed by atoms with Crippen LogP contribution >= 0.6 is 0 Å². The van der Waals surface area contributed by atoms with Gasteiger partial charge in [0.1, 0.15) is 6.61 Å². The lowest BCUT2D eigenvalue weighted by atomic mass is 9.91. The maximum Gasteiger partial charge on any atom is 0.305 e. The number of hydrogen-bond acceptors (Lipinski definition) is 8. The number of hydrogen-bond donors (Lipinski definition) is 0. The average Bonchev–Trinajstić information content (AvgIpc) is 3.85. The molecular weight excluding hydrogens is 705 g/mol. The van der Waals surface area contributed by atoms with Crippen molar-refractivity contribution in [2.45, 2.75) is 44.4 Å². The van der Waals surface area contributed by atoms with Gasteiger partial charge in [0.2, 0.25) is 17.3 Å². The van der Waals surface area contributed by atoms with E-state index >= 15 is 0 Å². The Balaban J connectivity index is 1.20. The molecule has 56 heavy (non-hydrogen) atoms. The smallest absolute Gasteiger partial charge is 0.305 e. The second-order valence-electron chi connectivity index (χ2n) is 13.9. The molecule has 0 radical (unpaired) electrons. The van der Waals surface area contributed by atoms with E-state index in [1.165, 1.54) is 6.92 Å². The van der Waals surface area contributed by atoms with Gasteiger partial charge in [-0.25, -0.2) is 0 Å². The van der Waals surface area contributed by atoms with Crippen LogP contribution in [0.3, 0.4) is 0 Å². The first-order chi connectivity index (χ1) is 27.2. The summed E-state index contributed by atoms with van der Waals surface area (Å²) in [6, 6.07) is 44.9. The minimum atomic E-state index is -1.46. The summed E-state index contributed by atoms with van der Waals surface area (Å²) in [5.74, 6) is -1.53. The van der Waals surface area contributed by atoms with E-state index in [0.717, 1.165) is 22.3 Å². The van der Waals surface area contributed by atoms with Gasteiger partial charge in [0, 0.05) is 33.4 Å². The summed E-state index contributed by atoms with van der Waals surface area (Å²) >= 11 is 0.